The summed E-state index contributed by atoms with van der Waals surface area (Å²) in [6.07, 6.45) is 6.08. The molecule has 2 aromatic carbocycles. The maximum absolute atomic E-state index is 12.4. The predicted octanol–water partition coefficient (Wildman–Crippen LogP) is 4.85. The quantitative estimate of drug-likeness (QED) is 0.278. The van der Waals surface area contributed by atoms with Gasteiger partial charge in [-0.05, 0) is 40.8 Å². The second-order valence-corrected chi connectivity index (χ2v) is 12.9. The third-order valence-corrected chi connectivity index (χ3v) is 9.32. The van der Waals surface area contributed by atoms with Gasteiger partial charge in [0.25, 0.3) is 0 Å². The molecule has 0 spiro atoms. The molecular weight excluding hydrogens is 534 g/mol. The fourth-order valence-corrected chi connectivity index (χ4v) is 7.43. The highest BCUT2D eigenvalue weighted by Crippen LogP contribution is 2.39. The molecule has 0 aliphatic carbocycles. The van der Waals surface area contributed by atoms with Crippen LogP contribution in [0.2, 0.25) is 0 Å². The summed E-state index contributed by atoms with van der Waals surface area (Å²) in [5.74, 6) is 1.30. The summed E-state index contributed by atoms with van der Waals surface area (Å²) >= 11 is 0. The van der Waals surface area contributed by atoms with Crippen LogP contribution in [0.15, 0.2) is 97.5 Å². The minimum absolute atomic E-state index is 0.0999. The van der Waals surface area contributed by atoms with Gasteiger partial charge in [0.2, 0.25) is 20.0 Å². The number of nitrogens with zero attached hydrogens (tertiary/aromatic N) is 5. The fraction of sp³-hybridized carbons (Fsp3) is 0.107. The van der Waals surface area contributed by atoms with E-state index in [1.165, 1.54) is 18.5 Å². The molecule has 0 unspecified atom stereocenters. The molecule has 0 amide bonds. The van der Waals surface area contributed by atoms with E-state index in [9.17, 15) is 16.8 Å². The summed E-state index contributed by atoms with van der Waals surface area (Å²) in [4.78, 5) is 15.5. The Hall–Kier alpha value is -4.35. The molecule has 0 saturated heterocycles. The highest BCUT2D eigenvalue weighted by Gasteiger charge is 2.28. The van der Waals surface area contributed by atoms with E-state index >= 15 is 0 Å². The number of aromatic nitrogens is 3. The second kappa shape index (κ2) is 10.1. The summed E-state index contributed by atoms with van der Waals surface area (Å²) in [6.45, 7) is 0. The molecule has 0 atom stereocenters. The first-order valence-electron chi connectivity index (χ1n) is 11.8. The van der Waals surface area contributed by atoms with Gasteiger partial charge in [0, 0.05) is 30.4 Å². The van der Waals surface area contributed by atoms with E-state index in [0.717, 1.165) is 34.4 Å². The summed E-state index contributed by atoms with van der Waals surface area (Å²) in [6, 6.07) is 24.9. The van der Waals surface area contributed by atoms with Gasteiger partial charge in [0.1, 0.15) is 11.6 Å². The van der Waals surface area contributed by atoms with Crippen LogP contribution in [0.25, 0.3) is 33.2 Å². The van der Waals surface area contributed by atoms with Crippen molar-refractivity contribution in [1.29, 1.82) is 0 Å². The topological polar surface area (TPSA) is 113 Å². The van der Waals surface area contributed by atoms with Gasteiger partial charge in [0.05, 0.1) is 30.1 Å². The molecule has 0 bridgehead atoms. The summed E-state index contributed by atoms with van der Waals surface area (Å²) in [7, 11) is -6.40. The number of pyridine rings is 3. The zero-order chi connectivity index (χ0) is 27.8. The number of fused-ring (bicyclic) bond motifs is 1. The van der Waals surface area contributed by atoms with Gasteiger partial charge in [-0.25, -0.2) is 26.8 Å². The van der Waals surface area contributed by atoms with Crippen LogP contribution < -0.4 is 8.61 Å². The Bertz CT molecular complexity index is 1850. The van der Waals surface area contributed by atoms with E-state index < -0.39 is 20.0 Å². The van der Waals surface area contributed by atoms with Gasteiger partial charge < -0.3 is 4.90 Å². The van der Waals surface area contributed by atoms with Crippen molar-refractivity contribution in [1.82, 2.24) is 15.0 Å². The van der Waals surface area contributed by atoms with Crippen LogP contribution in [-0.4, -0.2) is 51.3 Å². The van der Waals surface area contributed by atoms with E-state index in [1.54, 1.807) is 6.20 Å². The summed E-state index contributed by atoms with van der Waals surface area (Å²) in [5, 5.41) is 1.78. The van der Waals surface area contributed by atoms with Crippen molar-refractivity contribution >= 4 is 48.1 Å². The van der Waals surface area contributed by atoms with Crippen LogP contribution in [0, 0.1) is 0 Å². The van der Waals surface area contributed by atoms with Crippen LogP contribution in [0.4, 0.5) is 17.3 Å². The minimum Gasteiger partial charge on any atom is -0.314 e. The van der Waals surface area contributed by atoms with Crippen molar-refractivity contribution in [3.8, 4) is 22.4 Å². The number of anilines is 3. The van der Waals surface area contributed by atoms with Crippen molar-refractivity contribution in [3.63, 3.8) is 0 Å². The van der Waals surface area contributed by atoms with E-state index in [0.29, 0.717) is 26.6 Å². The Morgan fingerprint density at radius 2 is 1.46 bits per heavy atom. The molecule has 0 aliphatic rings. The van der Waals surface area contributed by atoms with Crippen LogP contribution in [0.5, 0.6) is 0 Å². The van der Waals surface area contributed by atoms with Crippen LogP contribution in [0.3, 0.4) is 0 Å². The molecule has 9 nitrogen and oxygen atoms in total. The molecule has 0 saturated carbocycles. The van der Waals surface area contributed by atoms with Gasteiger partial charge in [0.15, 0.2) is 0 Å². The van der Waals surface area contributed by atoms with Crippen molar-refractivity contribution in [2.24, 2.45) is 0 Å². The van der Waals surface area contributed by atoms with E-state index in [1.807, 2.05) is 84.7 Å². The highest BCUT2D eigenvalue weighted by atomic mass is 32.3. The Labute approximate surface area is 227 Å². The smallest absolute Gasteiger partial charge is 0.245 e. The Morgan fingerprint density at radius 3 is 2.13 bits per heavy atom. The third-order valence-electron chi connectivity index (χ3n) is 6.07. The zero-order valence-corrected chi connectivity index (χ0v) is 23.1. The molecule has 3 aromatic heterocycles. The molecule has 0 N–H and O–H groups in total. The highest BCUT2D eigenvalue weighted by molar-refractivity contribution is 8.09. The summed E-state index contributed by atoms with van der Waals surface area (Å²) in [5.41, 5.74) is 2.84. The van der Waals surface area contributed by atoms with Gasteiger partial charge in [-0.3, -0.25) is 4.98 Å². The van der Waals surface area contributed by atoms with Gasteiger partial charge in [-0.2, -0.15) is 3.71 Å². The summed E-state index contributed by atoms with van der Waals surface area (Å²) < 4.78 is 49.8. The number of benzene rings is 2. The molecule has 198 valence electrons. The maximum Gasteiger partial charge on any atom is 0.245 e. The standard InChI is InChI=1S/C28H25N5O4S2/c1-32(26-14-7-8-15-30-26)28-27-21(12-9-13-24(27)20-10-5-4-6-11-20)17-25(31-28)22-16-23(19-29-18-22)33(38(2,34)35)39(3,36)37/h4-19H,1-3H3. The minimum atomic E-state index is -4.13. The normalized spacial score (nSPS) is 11.9. The van der Waals surface area contributed by atoms with Gasteiger partial charge in [-0.15, -0.1) is 0 Å². The maximum atomic E-state index is 12.4. The molecule has 0 aliphatic heterocycles. The third kappa shape index (κ3) is 5.31. The molecular formula is C28H25N5O4S2. The van der Waals surface area contributed by atoms with E-state index in [2.05, 4.69) is 9.97 Å². The average molecular weight is 560 g/mol. The molecule has 5 rings (SSSR count). The van der Waals surface area contributed by atoms with Gasteiger partial charge in [-0.1, -0.05) is 54.6 Å². The second-order valence-electron chi connectivity index (χ2n) is 9.00. The zero-order valence-electron chi connectivity index (χ0n) is 21.4. The van der Waals surface area contributed by atoms with E-state index in [4.69, 9.17) is 4.98 Å². The van der Waals surface area contributed by atoms with Crippen molar-refractivity contribution in [2.45, 2.75) is 0 Å². The molecule has 3 heterocycles. The fourth-order valence-electron chi connectivity index (χ4n) is 4.50. The first kappa shape index (κ1) is 26.3. The van der Waals surface area contributed by atoms with E-state index in [-0.39, 0.29) is 5.69 Å². The van der Waals surface area contributed by atoms with Crippen LogP contribution >= 0.6 is 0 Å². The number of rotatable bonds is 7. The van der Waals surface area contributed by atoms with Crippen LogP contribution in [0.1, 0.15) is 0 Å². The molecule has 0 fully saturated rings. The Balaban J connectivity index is 1.77. The lowest BCUT2D eigenvalue weighted by atomic mass is 9.97. The van der Waals surface area contributed by atoms with Crippen molar-refractivity contribution in [2.75, 3.05) is 28.2 Å². The SMILES string of the molecule is CN(c1ccccn1)c1nc(-c2cncc(N(S(C)(=O)=O)S(C)(=O)=O)c2)cc2cccc(-c3ccccc3)c12. The number of sulfonamides is 2. The number of hydrogen-bond acceptors (Lipinski definition) is 8. The van der Waals surface area contributed by atoms with Gasteiger partial charge >= 0.3 is 0 Å². The first-order valence-corrected chi connectivity index (χ1v) is 15.5. The molecule has 11 heteroatoms. The van der Waals surface area contributed by atoms with Crippen molar-refractivity contribution in [3.05, 3.63) is 97.5 Å². The molecule has 39 heavy (non-hydrogen) atoms. The Kier molecular flexibility index (Phi) is 6.79. The molecule has 0 radical (unpaired) electrons. The monoisotopic (exact) mass is 559 g/mol. The molecule has 5 aromatic rings. The largest absolute Gasteiger partial charge is 0.314 e. The first-order chi connectivity index (χ1) is 18.5. The Morgan fingerprint density at radius 1 is 0.744 bits per heavy atom. The lowest BCUT2D eigenvalue weighted by Crippen LogP contribution is -2.35. The lowest BCUT2D eigenvalue weighted by molar-refractivity contribution is 0.590. The van der Waals surface area contributed by atoms with Crippen LogP contribution in [-0.2, 0) is 20.0 Å². The lowest BCUT2D eigenvalue weighted by Gasteiger charge is -2.22. The predicted molar refractivity (Wildman–Crippen MR) is 155 cm³/mol. The average Bonchev–Trinajstić information content (AvgIpc) is 2.91. The van der Waals surface area contributed by atoms with Crippen molar-refractivity contribution < 1.29 is 16.8 Å². The number of hydrogen-bond donors (Lipinski definition) is 0.